The Bertz CT molecular complexity index is 959. The third-order valence-electron chi connectivity index (χ3n) is 6.29. The van der Waals surface area contributed by atoms with E-state index in [0.29, 0.717) is 12.0 Å². The lowest BCUT2D eigenvalue weighted by molar-refractivity contribution is -0.137. The van der Waals surface area contributed by atoms with Crippen molar-refractivity contribution in [3.05, 3.63) is 71.0 Å². The molecule has 0 saturated heterocycles. The predicted octanol–water partition coefficient (Wildman–Crippen LogP) is 4.02. The number of carbonyl (C=O) groups excluding carboxylic acids is 2. The van der Waals surface area contributed by atoms with Gasteiger partial charge in [-0.25, -0.2) is 4.39 Å². The minimum absolute atomic E-state index is 0.00526. The van der Waals surface area contributed by atoms with Crippen LogP contribution in [0.2, 0.25) is 0 Å². The highest BCUT2D eigenvalue weighted by molar-refractivity contribution is 5.89. The first kappa shape index (κ1) is 23.4. The zero-order valence-electron chi connectivity index (χ0n) is 18.1. The van der Waals surface area contributed by atoms with Gasteiger partial charge in [0.1, 0.15) is 11.9 Å². The Morgan fingerprint density at radius 2 is 1.62 bits per heavy atom. The highest BCUT2D eigenvalue weighted by Crippen LogP contribution is 2.39. The first-order valence-electron chi connectivity index (χ1n) is 10.9. The average molecular weight is 441 g/mol. The van der Waals surface area contributed by atoms with Crippen LogP contribution < -0.4 is 11.1 Å². The van der Waals surface area contributed by atoms with Crippen molar-refractivity contribution in [1.29, 1.82) is 0 Å². The van der Waals surface area contributed by atoms with Crippen molar-refractivity contribution >= 4 is 17.8 Å². The number of primary amides is 1. The summed E-state index contributed by atoms with van der Waals surface area (Å²) in [4.78, 5) is 36.2. The fourth-order valence-electron chi connectivity index (χ4n) is 4.52. The molecule has 1 aliphatic rings. The highest BCUT2D eigenvalue weighted by atomic mass is 19.1. The molecule has 1 aliphatic carbocycles. The molecule has 0 heterocycles. The molecule has 170 valence electrons. The third kappa shape index (κ3) is 5.72. The Morgan fingerprint density at radius 3 is 2.22 bits per heavy atom. The van der Waals surface area contributed by atoms with Crippen molar-refractivity contribution in [2.45, 2.75) is 56.9 Å². The summed E-state index contributed by atoms with van der Waals surface area (Å²) in [5.74, 6) is -2.63. The lowest BCUT2D eigenvalue weighted by atomic mass is 9.74. The van der Waals surface area contributed by atoms with E-state index in [2.05, 4.69) is 5.32 Å². The van der Waals surface area contributed by atoms with E-state index in [4.69, 9.17) is 10.8 Å². The van der Waals surface area contributed by atoms with E-state index < -0.39 is 23.7 Å². The van der Waals surface area contributed by atoms with Gasteiger partial charge in [-0.05, 0) is 53.5 Å². The standard InChI is InChI=1S/C25H29FN2O4/c1-15(14-22(29)30)16-6-8-17(9-7-16)20-4-2-3-5-21(20)25(32)28-23(24(27)31)18-10-12-19(26)13-11-18/h6-13,15,20-21,23H,2-5,14H2,1H3,(H2,27,31)(H,28,32)(H,29,30)/t15?,20-,21+,23?/m0/s1. The van der Waals surface area contributed by atoms with Gasteiger partial charge in [0, 0.05) is 5.92 Å². The summed E-state index contributed by atoms with van der Waals surface area (Å²) in [6.07, 6.45) is 3.52. The zero-order chi connectivity index (χ0) is 23.3. The molecular weight excluding hydrogens is 411 g/mol. The van der Waals surface area contributed by atoms with Crippen molar-refractivity contribution in [3.8, 4) is 0 Å². The Hall–Kier alpha value is -3.22. The number of hydrogen-bond donors (Lipinski definition) is 3. The van der Waals surface area contributed by atoms with Gasteiger partial charge in [-0.2, -0.15) is 0 Å². The first-order chi connectivity index (χ1) is 15.3. The molecule has 1 saturated carbocycles. The Morgan fingerprint density at radius 1 is 1.03 bits per heavy atom. The number of hydrogen-bond acceptors (Lipinski definition) is 3. The van der Waals surface area contributed by atoms with Crippen LogP contribution in [0.1, 0.15) is 73.6 Å². The number of halogens is 1. The van der Waals surface area contributed by atoms with E-state index in [1.54, 1.807) is 0 Å². The van der Waals surface area contributed by atoms with Crippen LogP contribution in [0.5, 0.6) is 0 Å². The smallest absolute Gasteiger partial charge is 0.303 e. The Labute approximate surface area is 187 Å². The van der Waals surface area contributed by atoms with Gasteiger partial charge in [-0.1, -0.05) is 56.2 Å². The SMILES string of the molecule is CC(CC(=O)O)c1ccc([C@@H]2CCCC[C@H]2C(=O)NC(C(N)=O)c2ccc(F)cc2)cc1. The second kappa shape index (κ2) is 10.4. The van der Waals surface area contributed by atoms with Crippen LogP contribution >= 0.6 is 0 Å². The third-order valence-corrected chi connectivity index (χ3v) is 6.29. The fraction of sp³-hybridized carbons (Fsp3) is 0.400. The van der Waals surface area contributed by atoms with Crippen LogP contribution in [0.4, 0.5) is 4.39 Å². The number of nitrogens with two attached hydrogens (primary N) is 1. The van der Waals surface area contributed by atoms with Crippen molar-refractivity contribution in [2.75, 3.05) is 0 Å². The molecule has 4 N–H and O–H groups in total. The molecule has 32 heavy (non-hydrogen) atoms. The van der Waals surface area contributed by atoms with Gasteiger partial charge >= 0.3 is 5.97 Å². The van der Waals surface area contributed by atoms with Crippen molar-refractivity contribution in [2.24, 2.45) is 11.7 Å². The summed E-state index contributed by atoms with van der Waals surface area (Å²) < 4.78 is 13.3. The predicted molar refractivity (Wildman–Crippen MR) is 118 cm³/mol. The van der Waals surface area contributed by atoms with Crippen LogP contribution in [0.25, 0.3) is 0 Å². The van der Waals surface area contributed by atoms with Gasteiger partial charge in [0.15, 0.2) is 0 Å². The summed E-state index contributed by atoms with van der Waals surface area (Å²) in [6, 6.07) is 12.1. The lowest BCUT2D eigenvalue weighted by Crippen LogP contribution is -2.42. The van der Waals surface area contributed by atoms with Crippen LogP contribution in [-0.4, -0.2) is 22.9 Å². The number of nitrogens with one attached hydrogen (secondary N) is 1. The lowest BCUT2D eigenvalue weighted by Gasteiger charge is -2.32. The summed E-state index contributed by atoms with van der Waals surface area (Å²) in [6.45, 7) is 1.87. The molecule has 6 nitrogen and oxygen atoms in total. The van der Waals surface area contributed by atoms with Gasteiger partial charge in [0.05, 0.1) is 6.42 Å². The Kier molecular flexibility index (Phi) is 7.62. The quantitative estimate of drug-likeness (QED) is 0.576. The van der Waals surface area contributed by atoms with E-state index in [-0.39, 0.29) is 30.1 Å². The minimum Gasteiger partial charge on any atom is -0.481 e. The second-order valence-corrected chi connectivity index (χ2v) is 8.56. The van der Waals surface area contributed by atoms with E-state index >= 15 is 0 Å². The van der Waals surface area contributed by atoms with E-state index in [0.717, 1.165) is 30.4 Å². The number of amides is 2. The largest absolute Gasteiger partial charge is 0.481 e. The second-order valence-electron chi connectivity index (χ2n) is 8.56. The number of carbonyl (C=O) groups is 3. The molecular formula is C25H29FN2O4. The molecule has 0 radical (unpaired) electrons. The van der Waals surface area contributed by atoms with Gasteiger partial charge in [-0.3, -0.25) is 14.4 Å². The normalized spacial score (nSPS) is 20.2. The van der Waals surface area contributed by atoms with Crippen LogP contribution in [-0.2, 0) is 14.4 Å². The molecule has 0 spiro atoms. The number of carboxylic acid groups (broad SMARTS) is 1. The first-order valence-corrected chi connectivity index (χ1v) is 10.9. The van der Waals surface area contributed by atoms with E-state index in [1.165, 1.54) is 24.3 Å². The van der Waals surface area contributed by atoms with Gasteiger partial charge in [-0.15, -0.1) is 0 Å². The minimum atomic E-state index is -1.02. The molecule has 4 atom stereocenters. The van der Waals surface area contributed by atoms with Crippen molar-refractivity contribution in [3.63, 3.8) is 0 Å². The Balaban J connectivity index is 1.76. The van der Waals surface area contributed by atoms with Gasteiger partial charge in [0.25, 0.3) is 0 Å². The topological polar surface area (TPSA) is 109 Å². The highest BCUT2D eigenvalue weighted by Gasteiger charge is 2.34. The molecule has 1 fully saturated rings. The van der Waals surface area contributed by atoms with Gasteiger partial charge in [0.2, 0.25) is 11.8 Å². The summed E-state index contributed by atoms with van der Waals surface area (Å²) in [5, 5.41) is 11.8. The van der Waals surface area contributed by atoms with Crippen molar-refractivity contribution in [1.82, 2.24) is 5.32 Å². The molecule has 2 aromatic carbocycles. The maximum Gasteiger partial charge on any atom is 0.303 e. The summed E-state index contributed by atoms with van der Waals surface area (Å²) in [5.41, 5.74) is 7.93. The maximum absolute atomic E-state index is 13.3. The van der Waals surface area contributed by atoms with E-state index in [1.807, 2.05) is 31.2 Å². The van der Waals surface area contributed by atoms with Crippen LogP contribution in [0, 0.1) is 11.7 Å². The van der Waals surface area contributed by atoms with Crippen LogP contribution in [0.15, 0.2) is 48.5 Å². The molecule has 0 bridgehead atoms. The van der Waals surface area contributed by atoms with Crippen molar-refractivity contribution < 1.29 is 23.9 Å². The molecule has 0 aromatic heterocycles. The monoisotopic (exact) mass is 440 g/mol. The summed E-state index contributed by atoms with van der Waals surface area (Å²) >= 11 is 0. The summed E-state index contributed by atoms with van der Waals surface area (Å²) in [7, 11) is 0. The molecule has 2 unspecified atom stereocenters. The fourth-order valence-corrected chi connectivity index (χ4v) is 4.52. The number of aliphatic carboxylic acids is 1. The molecule has 7 heteroatoms. The van der Waals surface area contributed by atoms with Crippen LogP contribution in [0.3, 0.4) is 0 Å². The van der Waals surface area contributed by atoms with E-state index in [9.17, 15) is 18.8 Å². The number of carboxylic acids is 1. The maximum atomic E-state index is 13.3. The molecule has 2 amide bonds. The molecule has 0 aliphatic heterocycles. The molecule has 3 rings (SSSR count). The number of rotatable bonds is 8. The molecule has 2 aromatic rings. The zero-order valence-corrected chi connectivity index (χ0v) is 18.1. The van der Waals surface area contributed by atoms with Gasteiger partial charge < -0.3 is 16.2 Å². The average Bonchev–Trinajstić information content (AvgIpc) is 2.77. The number of benzene rings is 2.